The maximum absolute atomic E-state index is 13.1. The molecule has 4 rings (SSSR count). The number of carbonyl (C=O) groups is 1. The average molecular weight is 389 g/mol. The fourth-order valence-corrected chi connectivity index (χ4v) is 5.63. The fraction of sp³-hybridized carbons (Fsp3) is 0.696. The van der Waals surface area contributed by atoms with Gasteiger partial charge in [0.15, 0.2) is 0 Å². The van der Waals surface area contributed by atoms with Crippen LogP contribution in [0.3, 0.4) is 0 Å². The molecule has 1 aromatic rings. The summed E-state index contributed by atoms with van der Waals surface area (Å²) in [7, 11) is 0. The van der Waals surface area contributed by atoms with Crippen molar-refractivity contribution < 1.29 is 4.79 Å². The topological polar surface area (TPSA) is 23.6 Å². The summed E-state index contributed by atoms with van der Waals surface area (Å²) < 4.78 is 0. The van der Waals surface area contributed by atoms with Crippen molar-refractivity contribution >= 4 is 17.5 Å². The van der Waals surface area contributed by atoms with E-state index in [1.54, 1.807) is 0 Å². The number of amides is 1. The second-order valence-corrected chi connectivity index (χ2v) is 9.42. The third kappa shape index (κ3) is 4.35. The van der Waals surface area contributed by atoms with Crippen molar-refractivity contribution in [3.05, 3.63) is 34.9 Å². The predicted octanol–water partition coefficient (Wildman–Crippen LogP) is 4.95. The Morgan fingerprint density at radius 1 is 0.963 bits per heavy atom. The molecule has 0 bridgehead atoms. The molecule has 4 heteroatoms. The van der Waals surface area contributed by atoms with Crippen LogP contribution < -0.4 is 0 Å². The molecule has 0 unspecified atom stereocenters. The molecule has 2 atom stereocenters. The van der Waals surface area contributed by atoms with E-state index in [-0.39, 0.29) is 5.92 Å². The Balaban J connectivity index is 1.32. The first-order valence-corrected chi connectivity index (χ1v) is 11.3. The van der Waals surface area contributed by atoms with Crippen LogP contribution in [0.1, 0.15) is 63.4 Å². The van der Waals surface area contributed by atoms with E-state index >= 15 is 0 Å². The zero-order chi connectivity index (χ0) is 18.8. The summed E-state index contributed by atoms with van der Waals surface area (Å²) in [5.41, 5.74) is 1.31. The normalized spacial score (nSPS) is 28.6. The van der Waals surface area contributed by atoms with E-state index in [0.717, 1.165) is 50.1 Å². The Hall–Kier alpha value is -1.06. The zero-order valence-corrected chi connectivity index (χ0v) is 17.3. The first-order valence-electron chi connectivity index (χ1n) is 10.9. The molecule has 1 saturated carbocycles. The smallest absolute Gasteiger partial charge is 0.225 e. The van der Waals surface area contributed by atoms with E-state index in [0.29, 0.717) is 17.7 Å². The number of carbonyl (C=O) groups excluding carboxylic acids is 1. The highest BCUT2D eigenvalue weighted by Crippen LogP contribution is 2.35. The highest BCUT2D eigenvalue weighted by Gasteiger charge is 2.37. The van der Waals surface area contributed by atoms with Crippen molar-refractivity contribution in [2.75, 3.05) is 26.2 Å². The van der Waals surface area contributed by atoms with Gasteiger partial charge in [0.05, 0.1) is 0 Å². The van der Waals surface area contributed by atoms with Crippen LogP contribution in [-0.4, -0.2) is 47.9 Å². The lowest BCUT2D eigenvalue weighted by atomic mass is 9.89. The summed E-state index contributed by atoms with van der Waals surface area (Å²) >= 11 is 6.03. The lowest BCUT2D eigenvalue weighted by molar-refractivity contribution is -0.136. The predicted molar refractivity (Wildman–Crippen MR) is 111 cm³/mol. The largest absolute Gasteiger partial charge is 0.342 e. The second kappa shape index (κ2) is 8.53. The number of halogens is 1. The molecule has 0 aromatic heterocycles. The highest BCUT2D eigenvalue weighted by atomic mass is 35.5. The number of hydrogen-bond donors (Lipinski definition) is 0. The molecule has 2 saturated heterocycles. The molecule has 1 aliphatic carbocycles. The molecule has 27 heavy (non-hydrogen) atoms. The van der Waals surface area contributed by atoms with E-state index in [2.05, 4.69) is 28.9 Å². The lowest BCUT2D eigenvalue weighted by Gasteiger charge is -2.39. The van der Waals surface area contributed by atoms with E-state index in [1.165, 1.54) is 37.7 Å². The van der Waals surface area contributed by atoms with Gasteiger partial charge in [-0.15, -0.1) is 0 Å². The first-order chi connectivity index (χ1) is 13.1. The molecule has 1 aromatic carbocycles. The van der Waals surface area contributed by atoms with Crippen LogP contribution in [0.4, 0.5) is 0 Å². The second-order valence-electron chi connectivity index (χ2n) is 8.98. The van der Waals surface area contributed by atoms with Crippen molar-refractivity contribution in [1.82, 2.24) is 9.80 Å². The van der Waals surface area contributed by atoms with Crippen molar-refractivity contribution in [1.29, 1.82) is 0 Å². The van der Waals surface area contributed by atoms with Gasteiger partial charge in [0.1, 0.15) is 0 Å². The molecular weight excluding hydrogens is 356 g/mol. The summed E-state index contributed by atoms with van der Waals surface area (Å²) in [6.07, 6.45) is 9.02. The summed E-state index contributed by atoms with van der Waals surface area (Å²) in [5, 5.41) is 0.780. The standard InChI is InChI=1S/C23H33ClN2O/c1-17-15-26(16-22(17)18-7-9-20(24)10-8-18)23(27)19-11-13-25(14-12-19)21-5-3-2-4-6-21/h7-10,17,19,21-22H,2-6,11-16H2,1H3/t17-,22-/m0/s1. The van der Waals surface area contributed by atoms with Crippen molar-refractivity contribution in [3.8, 4) is 0 Å². The molecule has 3 fully saturated rings. The first kappa shape index (κ1) is 19.3. The third-order valence-electron chi connectivity index (χ3n) is 7.19. The number of benzene rings is 1. The minimum Gasteiger partial charge on any atom is -0.342 e. The summed E-state index contributed by atoms with van der Waals surface area (Å²) in [6.45, 7) is 6.27. The minimum absolute atomic E-state index is 0.237. The third-order valence-corrected chi connectivity index (χ3v) is 7.44. The Kier molecular flexibility index (Phi) is 6.08. The Morgan fingerprint density at radius 2 is 1.63 bits per heavy atom. The SMILES string of the molecule is C[C@H]1CN(C(=O)C2CCN(C3CCCCC3)CC2)C[C@@H]1c1ccc(Cl)cc1. The number of likely N-dealkylation sites (tertiary alicyclic amines) is 2. The van der Waals surface area contributed by atoms with Gasteiger partial charge in [-0.25, -0.2) is 0 Å². The van der Waals surface area contributed by atoms with Crippen LogP contribution >= 0.6 is 11.6 Å². The molecule has 3 nitrogen and oxygen atoms in total. The van der Waals surface area contributed by atoms with Crippen molar-refractivity contribution in [2.24, 2.45) is 11.8 Å². The van der Waals surface area contributed by atoms with Crippen LogP contribution in [0.2, 0.25) is 5.02 Å². The molecule has 148 valence electrons. The lowest BCUT2D eigenvalue weighted by Crippen LogP contribution is -2.46. The molecular formula is C23H33ClN2O. The van der Waals surface area contributed by atoms with Crippen LogP contribution in [0.5, 0.6) is 0 Å². The van der Waals surface area contributed by atoms with E-state index in [9.17, 15) is 4.79 Å². The van der Waals surface area contributed by atoms with Crippen LogP contribution in [0.25, 0.3) is 0 Å². The van der Waals surface area contributed by atoms with E-state index < -0.39 is 0 Å². The van der Waals surface area contributed by atoms with Gasteiger partial charge in [0, 0.05) is 36.0 Å². The average Bonchev–Trinajstić information content (AvgIpc) is 3.10. The summed E-state index contributed by atoms with van der Waals surface area (Å²) in [5.74, 6) is 1.59. The molecule has 1 amide bonds. The number of rotatable bonds is 3. The van der Waals surface area contributed by atoms with E-state index in [1.807, 2.05) is 12.1 Å². The highest BCUT2D eigenvalue weighted by molar-refractivity contribution is 6.30. The van der Waals surface area contributed by atoms with Crippen LogP contribution in [-0.2, 0) is 4.79 Å². The zero-order valence-electron chi connectivity index (χ0n) is 16.6. The summed E-state index contributed by atoms with van der Waals surface area (Å²) in [6, 6.07) is 8.97. The molecule has 3 aliphatic rings. The van der Waals surface area contributed by atoms with Crippen molar-refractivity contribution in [3.63, 3.8) is 0 Å². The van der Waals surface area contributed by atoms with Gasteiger partial charge in [-0.05, 0) is 62.4 Å². The minimum atomic E-state index is 0.237. The van der Waals surface area contributed by atoms with Gasteiger partial charge >= 0.3 is 0 Å². The van der Waals surface area contributed by atoms with Gasteiger partial charge in [-0.3, -0.25) is 4.79 Å². The monoisotopic (exact) mass is 388 g/mol. The van der Waals surface area contributed by atoms with Crippen LogP contribution in [0, 0.1) is 11.8 Å². The van der Waals surface area contributed by atoms with E-state index in [4.69, 9.17) is 11.6 Å². The maximum atomic E-state index is 13.1. The summed E-state index contributed by atoms with van der Waals surface area (Å²) in [4.78, 5) is 18.0. The Bertz CT molecular complexity index is 632. The molecule has 0 spiro atoms. The van der Waals surface area contributed by atoms with Gasteiger partial charge < -0.3 is 9.80 Å². The fourth-order valence-electron chi connectivity index (χ4n) is 5.51. The van der Waals surface area contributed by atoms with Crippen molar-refractivity contribution in [2.45, 2.75) is 63.8 Å². The Labute approximate surface area is 169 Å². The quantitative estimate of drug-likeness (QED) is 0.731. The number of piperidine rings is 1. The van der Waals surface area contributed by atoms with Gasteiger partial charge in [0.25, 0.3) is 0 Å². The van der Waals surface area contributed by atoms with Gasteiger partial charge in [0.2, 0.25) is 5.91 Å². The maximum Gasteiger partial charge on any atom is 0.225 e. The van der Waals surface area contributed by atoms with Gasteiger partial charge in [-0.2, -0.15) is 0 Å². The number of hydrogen-bond acceptors (Lipinski definition) is 2. The molecule has 2 aliphatic heterocycles. The molecule has 2 heterocycles. The van der Waals surface area contributed by atoms with Crippen LogP contribution in [0.15, 0.2) is 24.3 Å². The molecule has 0 radical (unpaired) electrons. The number of nitrogens with zero attached hydrogens (tertiary/aromatic N) is 2. The van der Waals surface area contributed by atoms with Gasteiger partial charge in [-0.1, -0.05) is 49.9 Å². The Morgan fingerprint density at radius 3 is 2.30 bits per heavy atom. The molecule has 0 N–H and O–H groups in total.